The third-order valence-electron chi connectivity index (χ3n) is 3.65. The lowest BCUT2D eigenvalue weighted by molar-refractivity contribution is 0.102. The standard InChI is InChI=1S/C19H17ClN4O3/c1-26-14-7-8-15(17(11-14)27-2)23-18(25)16-9-10-21-19(24-16)22-13-5-3-12(20)4-6-13/h3-11H,1-2H3,(H,23,25)(H,21,22,24). The van der Waals surface area contributed by atoms with Crippen LogP contribution in [0.15, 0.2) is 54.7 Å². The Morgan fingerprint density at radius 3 is 2.52 bits per heavy atom. The van der Waals surface area contributed by atoms with Crippen LogP contribution in [0.1, 0.15) is 10.5 Å². The number of benzene rings is 2. The fraction of sp³-hybridized carbons (Fsp3) is 0.105. The SMILES string of the molecule is COc1ccc(NC(=O)c2ccnc(Nc3ccc(Cl)cc3)n2)c(OC)c1. The molecule has 3 rings (SSSR count). The van der Waals surface area contributed by atoms with Crippen molar-refractivity contribution in [2.75, 3.05) is 24.9 Å². The van der Waals surface area contributed by atoms with Crippen LogP contribution in [0.4, 0.5) is 17.3 Å². The van der Waals surface area contributed by atoms with Crippen LogP contribution in [0.3, 0.4) is 0 Å². The number of ether oxygens (including phenoxy) is 2. The topological polar surface area (TPSA) is 85.4 Å². The van der Waals surface area contributed by atoms with Gasteiger partial charge >= 0.3 is 0 Å². The minimum atomic E-state index is -0.389. The van der Waals surface area contributed by atoms with Crippen LogP contribution in [0.25, 0.3) is 0 Å². The van der Waals surface area contributed by atoms with Crippen molar-refractivity contribution < 1.29 is 14.3 Å². The van der Waals surface area contributed by atoms with Gasteiger partial charge in [0.15, 0.2) is 0 Å². The number of carbonyl (C=O) groups is 1. The maximum atomic E-state index is 12.6. The minimum absolute atomic E-state index is 0.208. The van der Waals surface area contributed by atoms with E-state index in [0.29, 0.717) is 28.2 Å². The first-order valence-electron chi connectivity index (χ1n) is 7.98. The molecule has 1 aromatic heterocycles. The lowest BCUT2D eigenvalue weighted by Gasteiger charge is -2.12. The fourth-order valence-electron chi connectivity index (χ4n) is 2.30. The number of methoxy groups -OCH3 is 2. The molecular formula is C19H17ClN4O3. The molecule has 1 amide bonds. The lowest BCUT2D eigenvalue weighted by atomic mass is 10.2. The maximum Gasteiger partial charge on any atom is 0.274 e. The zero-order valence-corrected chi connectivity index (χ0v) is 15.4. The molecule has 3 aromatic rings. The smallest absolute Gasteiger partial charge is 0.274 e. The third-order valence-corrected chi connectivity index (χ3v) is 3.90. The summed E-state index contributed by atoms with van der Waals surface area (Å²) in [6, 6.07) is 13.7. The van der Waals surface area contributed by atoms with E-state index in [1.54, 1.807) is 49.6 Å². The average molecular weight is 385 g/mol. The van der Waals surface area contributed by atoms with E-state index in [9.17, 15) is 4.79 Å². The summed E-state index contributed by atoms with van der Waals surface area (Å²) in [6.45, 7) is 0. The molecule has 0 spiro atoms. The molecule has 0 saturated carbocycles. The Hall–Kier alpha value is -3.32. The van der Waals surface area contributed by atoms with Crippen LogP contribution >= 0.6 is 11.6 Å². The Morgan fingerprint density at radius 2 is 1.81 bits per heavy atom. The number of nitrogens with one attached hydrogen (secondary N) is 2. The highest BCUT2D eigenvalue weighted by atomic mass is 35.5. The van der Waals surface area contributed by atoms with Crippen molar-refractivity contribution in [3.05, 3.63) is 65.4 Å². The predicted molar refractivity (Wildman–Crippen MR) is 104 cm³/mol. The second-order valence-corrected chi connectivity index (χ2v) is 5.85. The highest BCUT2D eigenvalue weighted by molar-refractivity contribution is 6.30. The molecule has 0 fully saturated rings. The molecule has 1 heterocycles. The Balaban J connectivity index is 1.76. The van der Waals surface area contributed by atoms with Crippen molar-refractivity contribution in [2.45, 2.75) is 0 Å². The second-order valence-electron chi connectivity index (χ2n) is 5.42. The van der Waals surface area contributed by atoms with Crippen molar-refractivity contribution >= 4 is 34.8 Å². The molecule has 0 aliphatic carbocycles. The van der Waals surface area contributed by atoms with Crippen LogP contribution < -0.4 is 20.1 Å². The summed E-state index contributed by atoms with van der Waals surface area (Å²) in [4.78, 5) is 20.9. The molecule has 0 aliphatic heterocycles. The number of aromatic nitrogens is 2. The summed E-state index contributed by atoms with van der Waals surface area (Å²) >= 11 is 5.87. The number of carbonyl (C=O) groups excluding carboxylic acids is 1. The molecule has 0 atom stereocenters. The molecular weight excluding hydrogens is 368 g/mol. The zero-order chi connectivity index (χ0) is 19.2. The normalized spacial score (nSPS) is 10.2. The molecule has 0 radical (unpaired) electrons. The fourth-order valence-corrected chi connectivity index (χ4v) is 2.42. The van der Waals surface area contributed by atoms with Gasteiger partial charge in [0, 0.05) is 23.0 Å². The molecule has 0 saturated heterocycles. The van der Waals surface area contributed by atoms with Crippen molar-refractivity contribution in [2.24, 2.45) is 0 Å². The zero-order valence-electron chi connectivity index (χ0n) is 14.7. The third kappa shape index (κ3) is 4.65. The van der Waals surface area contributed by atoms with Gasteiger partial charge < -0.3 is 20.1 Å². The maximum absolute atomic E-state index is 12.6. The van der Waals surface area contributed by atoms with Gasteiger partial charge in [-0.15, -0.1) is 0 Å². The summed E-state index contributed by atoms with van der Waals surface area (Å²) in [6.07, 6.45) is 1.51. The molecule has 138 valence electrons. The Morgan fingerprint density at radius 1 is 1.04 bits per heavy atom. The van der Waals surface area contributed by atoms with Crippen LogP contribution in [-0.2, 0) is 0 Å². The first-order valence-corrected chi connectivity index (χ1v) is 8.36. The van der Waals surface area contributed by atoms with E-state index in [0.717, 1.165) is 5.69 Å². The molecule has 2 aromatic carbocycles. The largest absolute Gasteiger partial charge is 0.497 e. The number of nitrogens with zero attached hydrogens (tertiary/aromatic N) is 2. The lowest BCUT2D eigenvalue weighted by Crippen LogP contribution is -2.15. The summed E-state index contributed by atoms with van der Waals surface area (Å²) in [5.41, 5.74) is 1.47. The van der Waals surface area contributed by atoms with Gasteiger partial charge in [-0.3, -0.25) is 4.79 Å². The molecule has 8 heteroatoms. The minimum Gasteiger partial charge on any atom is -0.497 e. The van der Waals surface area contributed by atoms with E-state index < -0.39 is 0 Å². The van der Waals surface area contributed by atoms with Gasteiger partial charge in [0.2, 0.25) is 5.95 Å². The number of rotatable bonds is 6. The summed E-state index contributed by atoms with van der Waals surface area (Å²) in [5, 5.41) is 6.43. The number of amides is 1. The van der Waals surface area contributed by atoms with Crippen LogP contribution in [0.2, 0.25) is 5.02 Å². The average Bonchev–Trinajstić information content (AvgIpc) is 2.70. The van der Waals surface area contributed by atoms with Crippen LogP contribution in [0, 0.1) is 0 Å². The van der Waals surface area contributed by atoms with Crippen molar-refractivity contribution in [3.63, 3.8) is 0 Å². The predicted octanol–water partition coefficient (Wildman–Crippen LogP) is 4.14. The molecule has 2 N–H and O–H groups in total. The Kier molecular flexibility index (Phi) is 5.73. The van der Waals surface area contributed by atoms with E-state index in [1.807, 2.05) is 0 Å². The van der Waals surface area contributed by atoms with Crippen molar-refractivity contribution in [1.29, 1.82) is 0 Å². The van der Waals surface area contributed by atoms with E-state index in [-0.39, 0.29) is 11.6 Å². The Labute approximate surface area is 161 Å². The number of hydrogen-bond donors (Lipinski definition) is 2. The summed E-state index contributed by atoms with van der Waals surface area (Å²) < 4.78 is 10.4. The molecule has 0 bridgehead atoms. The van der Waals surface area contributed by atoms with Crippen LogP contribution in [-0.4, -0.2) is 30.1 Å². The van der Waals surface area contributed by atoms with Gasteiger partial charge in [0.05, 0.1) is 19.9 Å². The number of anilines is 3. The van der Waals surface area contributed by atoms with Crippen molar-refractivity contribution in [1.82, 2.24) is 9.97 Å². The quantitative estimate of drug-likeness (QED) is 0.664. The van der Waals surface area contributed by atoms with Gasteiger partial charge in [0.25, 0.3) is 5.91 Å². The number of halogens is 1. The van der Waals surface area contributed by atoms with Gasteiger partial charge in [0.1, 0.15) is 17.2 Å². The number of hydrogen-bond acceptors (Lipinski definition) is 6. The van der Waals surface area contributed by atoms with Gasteiger partial charge in [-0.1, -0.05) is 11.6 Å². The highest BCUT2D eigenvalue weighted by Crippen LogP contribution is 2.29. The monoisotopic (exact) mass is 384 g/mol. The first-order chi connectivity index (χ1) is 13.1. The van der Waals surface area contributed by atoms with E-state index in [4.69, 9.17) is 21.1 Å². The second kappa shape index (κ2) is 8.37. The highest BCUT2D eigenvalue weighted by Gasteiger charge is 2.13. The van der Waals surface area contributed by atoms with E-state index >= 15 is 0 Å². The molecule has 7 nitrogen and oxygen atoms in total. The van der Waals surface area contributed by atoms with E-state index in [2.05, 4.69) is 20.6 Å². The van der Waals surface area contributed by atoms with E-state index in [1.165, 1.54) is 19.4 Å². The first kappa shape index (κ1) is 18.5. The van der Waals surface area contributed by atoms with Crippen molar-refractivity contribution in [3.8, 4) is 11.5 Å². The molecule has 27 heavy (non-hydrogen) atoms. The molecule has 0 aliphatic rings. The van der Waals surface area contributed by atoms with Gasteiger partial charge in [-0.25, -0.2) is 9.97 Å². The molecule has 0 unspecified atom stereocenters. The summed E-state index contributed by atoms with van der Waals surface area (Å²) in [7, 11) is 3.08. The van der Waals surface area contributed by atoms with Gasteiger partial charge in [-0.2, -0.15) is 0 Å². The van der Waals surface area contributed by atoms with Crippen LogP contribution in [0.5, 0.6) is 11.5 Å². The van der Waals surface area contributed by atoms with Gasteiger partial charge in [-0.05, 0) is 42.5 Å². The summed E-state index contributed by atoms with van der Waals surface area (Å²) in [5.74, 6) is 1.02. The Bertz CT molecular complexity index is 948.